The third-order valence-corrected chi connectivity index (χ3v) is 6.64. The summed E-state index contributed by atoms with van der Waals surface area (Å²) in [7, 11) is 1.72. The second-order valence-corrected chi connectivity index (χ2v) is 8.73. The molecule has 0 amide bonds. The van der Waals surface area contributed by atoms with Crippen molar-refractivity contribution < 1.29 is 14.2 Å². The maximum atomic E-state index is 5.99. The number of aliphatic imine (C=N–C) groups is 1. The monoisotopic (exact) mass is 549 g/mol. The molecule has 3 unspecified atom stereocenters. The van der Waals surface area contributed by atoms with Crippen LogP contribution in [0.15, 0.2) is 34.2 Å². The number of hydrogen-bond acceptors (Lipinski definition) is 5. The van der Waals surface area contributed by atoms with Crippen molar-refractivity contribution in [2.24, 2.45) is 10.9 Å². The van der Waals surface area contributed by atoms with E-state index in [-0.39, 0.29) is 36.2 Å². The molecule has 0 saturated carbocycles. The van der Waals surface area contributed by atoms with Crippen LogP contribution in [0, 0.1) is 5.92 Å². The van der Waals surface area contributed by atoms with Gasteiger partial charge in [0.25, 0.3) is 0 Å². The summed E-state index contributed by atoms with van der Waals surface area (Å²) in [6, 6.07) is 8.19. The Balaban J connectivity index is 0.00000320. The number of methoxy groups -OCH3 is 1. The highest BCUT2D eigenvalue weighted by molar-refractivity contribution is 14.0. The molecule has 3 atom stereocenters. The molecule has 1 aromatic rings. The largest absolute Gasteiger partial charge is 0.496 e. The average molecular weight is 550 g/mol. The van der Waals surface area contributed by atoms with Crippen molar-refractivity contribution in [3.8, 4) is 5.75 Å². The molecule has 2 saturated heterocycles. The smallest absolute Gasteiger partial charge is 0.194 e. The van der Waals surface area contributed by atoms with Crippen molar-refractivity contribution in [2.45, 2.75) is 43.8 Å². The van der Waals surface area contributed by atoms with Gasteiger partial charge in [0.15, 0.2) is 5.96 Å². The fraction of sp³-hybridized carbons (Fsp3) is 0.682. The van der Waals surface area contributed by atoms with Gasteiger partial charge in [0.1, 0.15) is 11.9 Å². The Kier molecular flexibility index (Phi) is 11.6. The molecular weight excluding hydrogens is 513 g/mol. The molecule has 8 heteroatoms. The van der Waals surface area contributed by atoms with Gasteiger partial charge in [-0.1, -0.05) is 19.1 Å². The Morgan fingerprint density at radius 3 is 2.83 bits per heavy atom. The van der Waals surface area contributed by atoms with E-state index >= 15 is 0 Å². The predicted molar refractivity (Wildman–Crippen MR) is 135 cm³/mol. The van der Waals surface area contributed by atoms with E-state index in [0.717, 1.165) is 69.7 Å². The number of hydrogen-bond donors (Lipinski definition) is 1. The van der Waals surface area contributed by atoms with Crippen LogP contribution in [-0.4, -0.2) is 75.3 Å². The first kappa shape index (κ1) is 25.5. The summed E-state index contributed by atoms with van der Waals surface area (Å²) in [5.74, 6) is 3.40. The highest BCUT2D eigenvalue weighted by Crippen LogP contribution is 2.30. The molecule has 2 heterocycles. The number of morpholine rings is 1. The number of para-hydroxylation sites is 1. The van der Waals surface area contributed by atoms with E-state index in [2.05, 4.69) is 36.2 Å². The van der Waals surface area contributed by atoms with E-state index in [1.54, 1.807) is 7.11 Å². The Labute approximate surface area is 202 Å². The Morgan fingerprint density at radius 2 is 2.10 bits per heavy atom. The van der Waals surface area contributed by atoms with Crippen LogP contribution < -0.4 is 10.1 Å². The molecule has 0 aliphatic carbocycles. The van der Waals surface area contributed by atoms with Crippen LogP contribution in [0.5, 0.6) is 5.75 Å². The van der Waals surface area contributed by atoms with Crippen molar-refractivity contribution in [1.82, 2.24) is 10.2 Å². The minimum absolute atomic E-state index is 0. The number of guanidine groups is 1. The van der Waals surface area contributed by atoms with E-state index in [1.807, 2.05) is 23.9 Å². The molecule has 2 fully saturated rings. The fourth-order valence-electron chi connectivity index (χ4n) is 3.68. The Hall–Kier alpha value is -0.710. The average Bonchev–Trinajstić information content (AvgIpc) is 3.30. The predicted octanol–water partition coefficient (Wildman–Crippen LogP) is 3.89. The lowest BCUT2D eigenvalue weighted by Gasteiger charge is -2.37. The van der Waals surface area contributed by atoms with Crippen LogP contribution in [0.25, 0.3) is 0 Å². The van der Waals surface area contributed by atoms with Gasteiger partial charge in [-0.3, -0.25) is 4.99 Å². The summed E-state index contributed by atoms with van der Waals surface area (Å²) >= 11 is 1.83. The molecule has 0 aromatic heterocycles. The van der Waals surface area contributed by atoms with Gasteiger partial charge in [-0.2, -0.15) is 0 Å². The second kappa shape index (κ2) is 13.6. The van der Waals surface area contributed by atoms with Gasteiger partial charge >= 0.3 is 0 Å². The normalized spacial score (nSPS) is 23.0. The lowest BCUT2D eigenvalue weighted by atomic mass is 10.1. The Morgan fingerprint density at radius 1 is 1.30 bits per heavy atom. The zero-order valence-electron chi connectivity index (χ0n) is 18.3. The number of nitrogens with zero attached hydrogens (tertiary/aromatic N) is 2. The summed E-state index contributed by atoms with van der Waals surface area (Å²) < 4.78 is 17.3. The van der Waals surface area contributed by atoms with Crippen LogP contribution >= 0.6 is 35.7 Å². The van der Waals surface area contributed by atoms with Gasteiger partial charge < -0.3 is 24.4 Å². The van der Waals surface area contributed by atoms with E-state index in [9.17, 15) is 0 Å². The molecule has 30 heavy (non-hydrogen) atoms. The lowest BCUT2D eigenvalue weighted by Crippen LogP contribution is -2.53. The van der Waals surface area contributed by atoms with Crippen molar-refractivity contribution in [3.05, 3.63) is 24.3 Å². The zero-order valence-corrected chi connectivity index (χ0v) is 21.5. The number of thioether (sulfide) groups is 1. The van der Waals surface area contributed by atoms with Crippen molar-refractivity contribution in [2.75, 3.05) is 52.3 Å². The summed E-state index contributed by atoms with van der Waals surface area (Å²) in [4.78, 5) is 8.46. The van der Waals surface area contributed by atoms with Crippen LogP contribution in [0.4, 0.5) is 0 Å². The number of benzene rings is 1. The van der Waals surface area contributed by atoms with Gasteiger partial charge in [0.05, 0.1) is 19.8 Å². The van der Waals surface area contributed by atoms with Gasteiger partial charge in [-0.05, 0) is 37.8 Å². The maximum Gasteiger partial charge on any atom is 0.194 e. The minimum Gasteiger partial charge on any atom is -0.496 e. The number of halogens is 1. The van der Waals surface area contributed by atoms with E-state index in [4.69, 9.17) is 19.2 Å². The van der Waals surface area contributed by atoms with Crippen LogP contribution in [0.1, 0.15) is 26.7 Å². The summed E-state index contributed by atoms with van der Waals surface area (Å²) in [5, 5.41) is 3.46. The van der Waals surface area contributed by atoms with E-state index in [0.29, 0.717) is 5.92 Å². The summed E-state index contributed by atoms with van der Waals surface area (Å²) in [5.41, 5.74) is 0. The fourth-order valence-corrected chi connectivity index (χ4v) is 4.72. The third kappa shape index (κ3) is 7.46. The van der Waals surface area contributed by atoms with Crippen LogP contribution in [-0.2, 0) is 9.47 Å². The molecule has 0 radical (unpaired) electrons. The number of ether oxygens (including phenoxy) is 3. The van der Waals surface area contributed by atoms with Crippen molar-refractivity contribution in [1.29, 1.82) is 0 Å². The van der Waals surface area contributed by atoms with Crippen molar-refractivity contribution >= 4 is 41.7 Å². The lowest BCUT2D eigenvalue weighted by molar-refractivity contribution is -0.0817. The first-order chi connectivity index (χ1) is 14.2. The molecule has 2 aliphatic rings. The van der Waals surface area contributed by atoms with Gasteiger partial charge in [-0.15, -0.1) is 35.7 Å². The van der Waals surface area contributed by atoms with Crippen molar-refractivity contribution in [3.63, 3.8) is 0 Å². The molecule has 0 bridgehead atoms. The van der Waals surface area contributed by atoms with Gasteiger partial charge in [-0.25, -0.2) is 0 Å². The first-order valence-corrected chi connectivity index (χ1v) is 11.7. The molecule has 3 rings (SSSR count). The number of nitrogens with one attached hydrogen (secondary N) is 1. The first-order valence-electron chi connectivity index (χ1n) is 10.7. The van der Waals surface area contributed by atoms with Gasteiger partial charge in [0, 0.05) is 43.4 Å². The zero-order chi connectivity index (χ0) is 20.5. The standard InChI is InChI=1S/C22H35N3O3S.HI/c1-4-23-22(25-11-13-28-20(15-25)18-9-7-12-27-18)24-14-17(2)16-29-21-10-6-5-8-19(21)26-3;/h5-6,8,10,17-18,20H,4,7,9,11-16H2,1-3H3,(H,23,24);1H. The molecule has 170 valence electrons. The molecule has 0 spiro atoms. The molecule has 6 nitrogen and oxygen atoms in total. The summed E-state index contributed by atoms with van der Waals surface area (Å²) in [6.07, 6.45) is 2.62. The number of rotatable bonds is 8. The molecule has 1 N–H and O–H groups in total. The SMILES string of the molecule is CCNC(=NCC(C)CSc1ccccc1OC)N1CCOC(C2CCCO2)C1.I. The summed E-state index contributed by atoms with van der Waals surface area (Å²) in [6.45, 7) is 9.35. The van der Waals surface area contributed by atoms with Crippen LogP contribution in [0.3, 0.4) is 0 Å². The van der Waals surface area contributed by atoms with E-state index in [1.165, 1.54) is 4.90 Å². The maximum absolute atomic E-state index is 5.99. The highest BCUT2D eigenvalue weighted by Gasteiger charge is 2.32. The quantitative estimate of drug-likeness (QED) is 0.230. The third-order valence-electron chi connectivity index (χ3n) is 5.25. The Bertz CT molecular complexity index is 658. The minimum atomic E-state index is 0. The van der Waals surface area contributed by atoms with E-state index < -0.39 is 0 Å². The second-order valence-electron chi connectivity index (χ2n) is 7.67. The topological polar surface area (TPSA) is 55.3 Å². The highest BCUT2D eigenvalue weighted by atomic mass is 127. The molecule has 1 aromatic carbocycles. The molecule has 2 aliphatic heterocycles. The van der Waals surface area contributed by atoms with Gasteiger partial charge in [0.2, 0.25) is 0 Å². The molecular formula is C22H36IN3O3S. The van der Waals surface area contributed by atoms with Crippen LogP contribution in [0.2, 0.25) is 0 Å².